The molecule has 0 radical (unpaired) electrons. The average molecular weight is 308 g/mol. The summed E-state index contributed by atoms with van der Waals surface area (Å²) in [5, 5.41) is 6.92. The molecule has 0 unspecified atom stereocenters. The third kappa shape index (κ3) is 4.43. The summed E-state index contributed by atoms with van der Waals surface area (Å²) in [4.78, 5) is 9.89. The van der Waals surface area contributed by atoms with E-state index in [1.54, 1.807) is 11.3 Å². The van der Waals surface area contributed by atoms with Crippen LogP contribution in [0.25, 0.3) is 0 Å². The lowest BCUT2D eigenvalue weighted by atomic mass is 9.64. The van der Waals surface area contributed by atoms with Crippen molar-refractivity contribution in [3.05, 3.63) is 16.1 Å². The molecule has 4 nitrogen and oxygen atoms in total. The fourth-order valence-corrected chi connectivity index (χ4v) is 3.86. The Labute approximate surface area is 132 Å². The van der Waals surface area contributed by atoms with Gasteiger partial charge in [0.15, 0.2) is 5.96 Å². The fraction of sp³-hybridized carbons (Fsp3) is 0.750. The summed E-state index contributed by atoms with van der Waals surface area (Å²) < 4.78 is 0. The molecule has 2 rings (SSSR count). The normalized spacial score (nSPS) is 17.7. The number of nitrogens with one attached hydrogen (secondary N) is 2. The van der Waals surface area contributed by atoms with Gasteiger partial charge in [-0.25, -0.2) is 4.98 Å². The topological polar surface area (TPSA) is 49.3 Å². The van der Waals surface area contributed by atoms with E-state index in [-0.39, 0.29) is 0 Å². The molecule has 0 bridgehead atoms. The Morgan fingerprint density at radius 2 is 2.19 bits per heavy atom. The zero-order valence-corrected chi connectivity index (χ0v) is 14.5. The Kier molecular flexibility index (Phi) is 5.62. The average Bonchev–Trinajstić information content (AvgIpc) is 2.80. The summed E-state index contributed by atoms with van der Waals surface area (Å²) in [6, 6.07) is 0. The predicted octanol–water partition coefficient (Wildman–Crippen LogP) is 3.33. The first-order valence-electron chi connectivity index (χ1n) is 7.88. The number of nitrogens with zero attached hydrogens (tertiary/aromatic N) is 2. The largest absolute Gasteiger partial charge is 0.356 e. The first-order valence-corrected chi connectivity index (χ1v) is 8.76. The minimum Gasteiger partial charge on any atom is -0.356 e. The smallest absolute Gasteiger partial charge is 0.191 e. The Balaban J connectivity index is 1.81. The van der Waals surface area contributed by atoms with Crippen molar-refractivity contribution >= 4 is 17.3 Å². The molecule has 2 N–H and O–H groups in total. The highest BCUT2D eigenvalue weighted by molar-refractivity contribution is 7.09. The number of rotatable bonds is 6. The first-order chi connectivity index (χ1) is 10.0. The van der Waals surface area contributed by atoms with E-state index in [0.717, 1.165) is 30.7 Å². The van der Waals surface area contributed by atoms with E-state index in [0.29, 0.717) is 5.41 Å². The van der Waals surface area contributed by atoms with Gasteiger partial charge in [-0.3, -0.25) is 4.99 Å². The van der Waals surface area contributed by atoms with Gasteiger partial charge in [0.2, 0.25) is 0 Å². The number of guanidine groups is 1. The van der Waals surface area contributed by atoms with E-state index < -0.39 is 0 Å². The number of hydrogen-bond acceptors (Lipinski definition) is 3. The van der Waals surface area contributed by atoms with Crippen molar-refractivity contribution in [3.8, 4) is 0 Å². The Bertz CT molecular complexity index is 474. The van der Waals surface area contributed by atoms with Gasteiger partial charge in [-0.1, -0.05) is 20.3 Å². The van der Waals surface area contributed by atoms with Crippen molar-refractivity contribution in [2.45, 2.75) is 53.0 Å². The number of aryl methyl sites for hydroxylation is 1. The molecule has 118 valence electrons. The highest BCUT2D eigenvalue weighted by Gasteiger charge is 2.37. The Morgan fingerprint density at radius 3 is 2.67 bits per heavy atom. The first kappa shape index (κ1) is 16.3. The summed E-state index contributed by atoms with van der Waals surface area (Å²) in [7, 11) is 1.84. The Morgan fingerprint density at radius 1 is 1.43 bits per heavy atom. The molecule has 1 aromatic rings. The summed E-state index contributed by atoms with van der Waals surface area (Å²) in [6.07, 6.45) is 5.39. The quantitative estimate of drug-likeness (QED) is 0.626. The lowest BCUT2D eigenvalue weighted by Gasteiger charge is -2.43. The monoisotopic (exact) mass is 308 g/mol. The van der Waals surface area contributed by atoms with Crippen LogP contribution in [-0.4, -0.2) is 24.5 Å². The number of hydrogen-bond donors (Lipinski definition) is 2. The second-order valence-corrected chi connectivity index (χ2v) is 7.53. The van der Waals surface area contributed by atoms with Crippen molar-refractivity contribution in [2.75, 3.05) is 13.6 Å². The molecule has 1 saturated carbocycles. The highest BCUT2D eigenvalue weighted by Crippen LogP contribution is 2.45. The van der Waals surface area contributed by atoms with Crippen molar-refractivity contribution in [2.24, 2.45) is 16.3 Å². The van der Waals surface area contributed by atoms with E-state index in [1.165, 1.54) is 30.6 Å². The zero-order chi connectivity index (χ0) is 15.3. The maximum Gasteiger partial charge on any atom is 0.191 e. The van der Waals surface area contributed by atoms with Crippen LogP contribution in [0.15, 0.2) is 10.5 Å². The molecule has 21 heavy (non-hydrogen) atoms. The van der Waals surface area contributed by atoms with Crippen molar-refractivity contribution < 1.29 is 0 Å². The van der Waals surface area contributed by atoms with Gasteiger partial charge in [-0.2, -0.15) is 0 Å². The lowest BCUT2D eigenvalue weighted by molar-refractivity contribution is 0.104. The molecule has 0 amide bonds. The van der Waals surface area contributed by atoms with E-state index in [2.05, 4.69) is 41.4 Å². The third-order valence-corrected chi connectivity index (χ3v) is 5.31. The summed E-state index contributed by atoms with van der Waals surface area (Å²) in [6.45, 7) is 8.52. The highest BCUT2D eigenvalue weighted by atomic mass is 32.1. The van der Waals surface area contributed by atoms with Gasteiger partial charge in [-0.15, -0.1) is 11.3 Å². The molecule has 1 fully saturated rings. The van der Waals surface area contributed by atoms with Gasteiger partial charge in [0.25, 0.3) is 0 Å². The molecule has 1 aliphatic carbocycles. The standard InChI is InChI=1S/C16H28N4S/c1-12(2)8-16(6-5-7-16)10-19-15(17-4)18-9-14-13(3)20-11-21-14/h11-12H,5-10H2,1-4H3,(H2,17,18,19). The molecule has 0 aromatic carbocycles. The molecule has 5 heteroatoms. The maximum atomic E-state index is 4.34. The van der Waals surface area contributed by atoms with Crippen LogP contribution in [0.3, 0.4) is 0 Å². The van der Waals surface area contributed by atoms with E-state index >= 15 is 0 Å². The van der Waals surface area contributed by atoms with Crippen molar-refractivity contribution in [1.82, 2.24) is 15.6 Å². The molecule has 0 aliphatic heterocycles. The zero-order valence-electron chi connectivity index (χ0n) is 13.7. The number of thiazole rings is 1. The van der Waals surface area contributed by atoms with Gasteiger partial charge in [-0.05, 0) is 37.5 Å². The second kappa shape index (κ2) is 7.25. The number of aliphatic imine (C=N–C) groups is 1. The minimum absolute atomic E-state index is 0.492. The molecule has 1 aliphatic rings. The summed E-state index contributed by atoms with van der Waals surface area (Å²) >= 11 is 1.69. The van der Waals surface area contributed by atoms with Crippen LogP contribution in [0.1, 0.15) is 50.1 Å². The maximum absolute atomic E-state index is 4.34. The summed E-state index contributed by atoms with van der Waals surface area (Å²) in [5.74, 6) is 1.67. The lowest BCUT2D eigenvalue weighted by Crippen LogP contribution is -2.46. The number of aromatic nitrogens is 1. The SMILES string of the molecule is CN=C(NCc1scnc1C)NCC1(CC(C)C)CCC1. The fourth-order valence-electron chi connectivity index (χ4n) is 3.15. The van der Waals surface area contributed by atoms with Crippen LogP contribution < -0.4 is 10.6 Å². The van der Waals surface area contributed by atoms with Crippen LogP contribution in [0.4, 0.5) is 0 Å². The third-order valence-electron chi connectivity index (χ3n) is 4.37. The Hall–Kier alpha value is -1.10. The predicted molar refractivity (Wildman–Crippen MR) is 90.8 cm³/mol. The second-order valence-electron chi connectivity index (χ2n) is 6.59. The van der Waals surface area contributed by atoms with Gasteiger partial charge in [0.05, 0.1) is 17.7 Å². The summed E-state index contributed by atoms with van der Waals surface area (Å²) in [5.41, 5.74) is 3.50. The van der Waals surface area contributed by atoms with E-state index in [9.17, 15) is 0 Å². The molecule has 0 atom stereocenters. The minimum atomic E-state index is 0.492. The van der Waals surface area contributed by atoms with Gasteiger partial charge in [0, 0.05) is 18.5 Å². The van der Waals surface area contributed by atoms with Crippen LogP contribution in [0.2, 0.25) is 0 Å². The van der Waals surface area contributed by atoms with Crippen molar-refractivity contribution in [1.29, 1.82) is 0 Å². The van der Waals surface area contributed by atoms with Crippen molar-refractivity contribution in [3.63, 3.8) is 0 Å². The molecular weight excluding hydrogens is 280 g/mol. The van der Waals surface area contributed by atoms with Gasteiger partial charge < -0.3 is 10.6 Å². The van der Waals surface area contributed by atoms with E-state index in [1.807, 2.05) is 12.6 Å². The van der Waals surface area contributed by atoms with Crippen LogP contribution in [0, 0.1) is 18.3 Å². The van der Waals surface area contributed by atoms with E-state index in [4.69, 9.17) is 0 Å². The van der Waals surface area contributed by atoms with Crippen LogP contribution >= 0.6 is 11.3 Å². The van der Waals surface area contributed by atoms with Gasteiger partial charge >= 0.3 is 0 Å². The molecule has 1 heterocycles. The molecular formula is C16H28N4S. The molecule has 0 spiro atoms. The van der Waals surface area contributed by atoms with Gasteiger partial charge in [0.1, 0.15) is 0 Å². The van der Waals surface area contributed by atoms with Crippen LogP contribution in [0.5, 0.6) is 0 Å². The molecule has 0 saturated heterocycles. The van der Waals surface area contributed by atoms with Crippen LogP contribution in [-0.2, 0) is 6.54 Å². The molecule has 1 aromatic heterocycles.